The van der Waals surface area contributed by atoms with E-state index in [4.69, 9.17) is 10.2 Å². The molecule has 7 heteroatoms. The zero-order chi connectivity index (χ0) is 14.6. The van der Waals surface area contributed by atoms with Crippen molar-refractivity contribution in [2.24, 2.45) is 0 Å². The van der Waals surface area contributed by atoms with E-state index in [1.807, 2.05) is 0 Å². The summed E-state index contributed by atoms with van der Waals surface area (Å²) in [5.74, 6) is -1.50. The minimum atomic E-state index is -2.24. The van der Waals surface area contributed by atoms with Crippen LogP contribution in [0.4, 0.5) is 9.18 Å². The summed E-state index contributed by atoms with van der Waals surface area (Å²) >= 11 is 2.19. The Labute approximate surface area is 116 Å². The third-order valence-electron chi connectivity index (χ3n) is 2.21. The Balaban J connectivity index is 0.000000494. The van der Waals surface area contributed by atoms with Crippen LogP contribution in [0.3, 0.4) is 0 Å². The molecule has 5 nitrogen and oxygen atoms in total. The first-order valence-electron chi connectivity index (χ1n) is 5.86. The molecular formula is C11H19FLiNO4. The van der Waals surface area contributed by atoms with Crippen molar-refractivity contribution in [1.82, 2.24) is 4.90 Å². The molecule has 0 saturated carbocycles. The molecule has 2 N–H and O–H groups in total. The van der Waals surface area contributed by atoms with Crippen molar-refractivity contribution in [3.05, 3.63) is 0 Å². The SMILES string of the molecule is O=C(O)N1CCC(F)(C(=O)O)CC1.[Li][C](C)(C)C. The number of halogens is 1. The fraction of sp³-hybridized carbons (Fsp3) is 0.818. The summed E-state index contributed by atoms with van der Waals surface area (Å²) in [5, 5.41) is 17.0. The third-order valence-corrected chi connectivity index (χ3v) is 2.21. The number of aliphatic carboxylic acids is 1. The normalized spacial score (nSPS) is 18.7. The number of carboxylic acid groups (broad SMARTS) is 2. The third kappa shape index (κ3) is 6.87. The molecule has 1 aliphatic heterocycles. The van der Waals surface area contributed by atoms with E-state index in [-0.39, 0.29) is 25.9 Å². The minimum absolute atomic E-state index is 0.0574. The van der Waals surface area contributed by atoms with E-state index >= 15 is 0 Å². The Morgan fingerprint density at radius 1 is 1.22 bits per heavy atom. The van der Waals surface area contributed by atoms with E-state index in [2.05, 4.69) is 38.5 Å². The second kappa shape index (κ2) is 6.44. The van der Waals surface area contributed by atoms with Gasteiger partial charge in [0.2, 0.25) is 5.67 Å². The first-order valence-corrected chi connectivity index (χ1v) is 5.86. The van der Waals surface area contributed by atoms with Crippen LogP contribution in [0.1, 0.15) is 33.6 Å². The van der Waals surface area contributed by atoms with Gasteiger partial charge in [0.05, 0.1) is 0 Å². The van der Waals surface area contributed by atoms with E-state index in [0.717, 1.165) is 4.90 Å². The van der Waals surface area contributed by atoms with Crippen molar-refractivity contribution in [2.45, 2.75) is 43.4 Å². The molecule has 0 radical (unpaired) electrons. The molecule has 1 aliphatic rings. The maximum atomic E-state index is 13.3. The predicted octanol–water partition coefficient (Wildman–Crippen LogP) is 1.93. The topological polar surface area (TPSA) is 77.8 Å². The monoisotopic (exact) mass is 255 g/mol. The number of piperidine rings is 1. The Kier molecular flexibility index (Phi) is 6.18. The van der Waals surface area contributed by atoms with Crippen LogP contribution in [0.25, 0.3) is 0 Å². The molecule has 0 spiro atoms. The van der Waals surface area contributed by atoms with Gasteiger partial charge in [0, 0.05) is 25.9 Å². The van der Waals surface area contributed by atoms with Crippen LogP contribution in [-0.4, -0.2) is 63.6 Å². The van der Waals surface area contributed by atoms with E-state index in [9.17, 15) is 14.0 Å². The summed E-state index contributed by atoms with van der Waals surface area (Å²) < 4.78 is 13.8. The van der Waals surface area contributed by atoms with Crippen molar-refractivity contribution in [3.63, 3.8) is 0 Å². The summed E-state index contributed by atoms with van der Waals surface area (Å²) in [6, 6.07) is 0. The number of amides is 1. The molecule has 1 heterocycles. The molecule has 18 heavy (non-hydrogen) atoms. The van der Waals surface area contributed by atoms with Crippen LogP contribution < -0.4 is 0 Å². The molecule has 100 valence electrons. The van der Waals surface area contributed by atoms with Crippen LogP contribution in [0.5, 0.6) is 0 Å². The van der Waals surface area contributed by atoms with Gasteiger partial charge in [0.25, 0.3) is 0 Å². The standard InChI is InChI=1S/C7H10FNO4.C4H9.Li/c8-7(5(10)11)1-3-9(4-2-7)6(12)13;1-4(2)3;/h1-4H2,(H,10,11)(H,12,13);1-3H3;. The van der Waals surface area contributed by atoms with E-state index in [0.29, 0.717) is 4.09 Å². The van der Waals surface area contributed by atoms with Crippen LogP contribution in [-0.2, 0) is 4.79 Å². The molecule has 1 rings (SSSR count). The number of alkyl halides is 1. The first kappa shape index (κ1) is 17.3. The van der Waals surface area contributed by atoms with Crippen molar-refractivity contribution in [1.29, 1.82) is 0 Å². The van der Waals surface area contributed by atoms with Gasteiger partial charge in [-0.2, -0.15) is 0 Å². The van der Waals surface area contributed by atoms with Crippen molar-refractivity contribution in [3.8, 4) is 0 Å². The molecular weight excluding hydrogens is 236 g/mol. The summed E-state index contributed by atoms with van der Waals surface area (Å²) in [5.41, 5.74) is -2.24. The van der Waals surface area contributed by atoms with E-state index < -0.39 is 17.7 Å². The van der Waals surface area contributed by atoms with Gasteiger partial charge in [-0.1, -0.05) is 0 Å². The van der Waals surface area contributed by atoms with Crippen molar-refractivity contribution in [2.75, 3.05) is 13.1 Å². The predicted molar refractivity (Wildman–Crippen MR) is 65.8 cm³/mol. The molecule has 0 bridgehead atoms. The molecule has 1 fully saturated rings. The number of carboxylic acids is 1. The summed E-state index contributed by atoms with van der Waals surface area (Å²) in [4.78, 5) is 21.8. The van der Waals surface area contributed by atoms with Gasteiger partial charge in [-0.25, -0.2) is 14.0 Å². The van der Waals surface area contributed by atoms with Gasteiger partial charge >= 0.3 is 54.6 Å². The quantitative estimate of drug-likeness (QED) is 0.702. The molecule has 1 saturated heterocycles. The Hall–Kier alpha value is -0.733. The van der Waals surface area contributed by atoms with Crippen LogP contribution in [0.2, 0.25) is 4.09 Å². The van der Waals surface area contributed by atoms with E-state index in [1.165, 1.54) is 0 Å². The van der Waals surface area contributed by atoms with Crippen molar-refractivity contribution >= 4 is 29.8 Å². The van der Waals surface area contributed by atoms with Crippen molar-refractivity contribution < 1.29 is 24.2 Å². The van der Waals surface area contributed by atoms with Gasteiger partial charge in [0.1, 0.15) is 0 Å². The summed E-state index contributed by atoms with van der Waals surface area (Å²) in [7, 11) is 0. The number of carbonyl (C=O) groups is 2. The fourth-order valence-corrected chi connectivity index (χ4v) is 1.27. The average Bonchev–Trinajstić information content (AvgIpc) is 2.15. The number of rotatable bonds is 1. The molecule has 1 amide bonds. The molecule has 0 atom stereocenters. The molecule has 0 aliphatic carbocycles. The second-order valence-corrected chi connectivity index (χ2v) is 6.04. The van der Waals surface area contributed by atoms with Gasteiger partial charge in [-0.3, -0.25) is 0 Å². The first-order chi connectivity index (χ1) is 7.96. The average molecular weight is 255 g/mol. The zero-order valence-electron chi connectivity index (χ0n) is 11.4. The van der Waals surface area contributed by atoms with Gasteiger partial charge in [-0.05, 0) is 0 Å². The fourth-order valence-electron chi connectivity index (χ4n) is 1.27. The number of hydrogen-bond donors (Lipinski definition) is 2. The van der Waals surface area contributed by atoms with Gasteiger partial charge in [-0.15, -0.1) is 0 Å². The molecule has 0 aromatic carbocycles. The summed E-state index contributed by atoms with van der Waals surface area (Å²) in [6.45, 7) is 6.45. The maximum absolute atomic E-state index is 13.3. The number of nitrogens with zero attached hydrogens (tertiary/aromatic N) is 1. The molecule has 0 aromatic heterocycles. The van der Waals surface area contributed by atoms with E-state index in [1.54, 1.807) is 0 Å². The number of likely N-dealkylation sites (tertiary alicyclic amines) is 1. The summed E-state index contributed by atoms with van der Waals surface area (Å²) in [6.07, 6.45) is -1.67. The zero-order valence-corrected chi connectivity index (χ0v) is 11.4. The number of hydrogen-bond acceptors (Lipinski definition) is 2. The van der Waals surface area contributed by atoms with Crippen LogP contribution in [0.15, 0.2) is 0 Å². The van der Waals surface area contributed by atoms with Gasteiger partial charge < -0.3 is 15.1 Å². The molecule has 0 aromatic rings. The van der Waals surface area contributed by atoms with Gasteiger partial charge in [0.15, 0.2) is 0 Å². The second-order valence-electron chi connectivity index (χ2n) is 6.04. The van der Waals surface area contributed by atoms with Crippen LogP contribution in [0, 0.1) is 0 Å². The Morgan fingerprint density at radius 2 is 1.56 bits per heavy atom. The Bertz CT molecular complexity index is 303. The molecule has 0 unspecified atom stereocenters. The Morgan fingerprint density at radius 3 is 1.78 bits per heavy atom. The van der Waals surface area contributed by atoms with Crippen LogP contribution >= 0.6 is 0 Å².